The number of hydrogen-bond donors (Lipinski definition) is 1. The summed E-state index contributed by atoms with van der Waals surface area (Å²) in [6.07, 6.45) is 3.04. The number of sulfonamides is 1. The first-order valence-corrected chi connectivity index (χ1v) is 10.0. The highest BCUT2D eigenvalue weighted by Crippen LogP contribution is 2.19. The third kappa shape index (κ3) is 4.91. The fraction of sp³-hybridized carbons (Fsp3) is 0.105. The first kappa shape index (κ1) is 20.1. The highest BCUT2D eigenvalue weighted by Gasteiger charge is 2.22. The lowest BCUT2D eigenvalue weighted by atomic mass is 10.2. The maximum Gasteiger partial charge on any atom is 0.255 e. The standard InChI is InChI=1S/C19H19BrN2O3S/c1-3-12-22(13-4-2)26(24,25)18-10-8-17(9-11-18)21-19(23)15-6-5-7-16(20)14-15/h3-11,14H,1-2,12-13H2,(H,21,23). The predicted molar refractivity (Wildman–Crippen MR) is 108 cm³/mol. The van der Waals surface area contributed by atoms with Gasteiger partial charge in [-0.25, -0.2) is 8.42 Å². The smallest absolute Gasteiger partial charge is 0.255 e. The van der Waals surface area contributed by atoms with Gasteiger partial charge >= 0.3 is 0 Å². The Hall–Kier alpha value is -2.22. The number of hydrogen-bond acceptors (Lipinski definition) is 3. The number of benzene rings is 2. The van der Waals surface area contributed by atoms with Gasteiger partial charge in [0.15, 0.2) is 0 Å². The molecule has 0 unspecified atom stereocenters. The maximum atomic E-state index is 12.6. The molecule has 0 aromatic heterocycles. The van der Waals surface area contributed by atoms with Crippen LogP contribution in [0.5, 0.6) is 0 Å². The molecule has 0 radical (unpaired) electrons. The molecule has 7 heteroatoms. The molecule has 0 fully saturated rings. The minimum absolute atomic E-state index is 0.140. The topological polar surface area (TPSA) is 66.5 Å². The number of nitrogens with zero attached hydrogens (tertiary/aromatic N) is 1. The molecule has 0 spiro atoms. The number of carbonyl (C=O) groups is 1. The molecular formula is C19H19BrN2O3S. The molecule has 136 valence electrons. The average molecular weight is 435 g/mol. The monoisotopic (exact) mass is 434 g/mol. The van der Waals surface area contributed by atoms with E-state index in [2.05, 4.69) is 34.4 Å². The number of halogens is 1. The van der Waals surface area contributed by atoms with Crippen LogP contribution in [-0.4, -0.2) is 31.7 Å². The van der Waals surface area contributed by atoms with Gasteiger partial charge in [0, 0.05) is 28.8 Å². The van der Waals surface area contributed by atoms with Crippen molar-refractivity contribution in [2.75, 3.05) is 18.4 Å². The van der Waals surface area contributed by atoms with E-state index in [4.69, 9.17) is 0 Å². The molecule has 1 N–H and O–H groups in total. The predicted octanol–water partition coefficient (Wildman–Crippen LogP) is 4.06. The van der Waals surface area contributed by atoms with Crippen LogP contribution in [0.25, 0.3) is 0 Å². The second-order valence-corrected chi connectivity index (χ2v) is 8.24. The Morgan fingerprint density at radius 1 is 1.08 bits per heavy atom. The van der Waals surface area contributed by atoms with Crippen LogP contribution in [0.15, 0.2) is 83.2 Å². The minimum Gasteiger partial charge on any atom is -0.322 e. The molecule has 0 saturated carbocycles. The molecule has 0 heterocycles. The first-order valence-electron chi connectivity index (χ1n) is 7.77. The minimum atomic E-state index is -3.66. The molecule has 0 bridgehead atoms. The van der Waals surface area contributed by atoms with Crippen LogP contribution >= 0.6 is 15.9 Å². The van der Waals surface area contributed by atoms with Gasteiger partial charge in [-0.1, -0.05) is 34.1 Å². The van der Waals surface area contributed by atoms with Gasteiger partial charge in [0.1, 0.15) is 0 Å². The van der Waals surface area contributed by atoms with Crippen LogP contribution in [0.1, 0.15) is 10.4 Å². The number of nitrogens with one attached hydrogen (secondary N) is 1. The zero-order valence-electron chi connectivity index (χ0n) is 14.1. The van der Waals surface area contributed by atoms with Crippen LogP contribution in [0.2, 0.25) is 0 Å². The highest BCUT2D eigenvalue weighted by molar-refractivity contribution is 9.10. The summed E-state index contributed by atoms with van der Waals surface area (Å²) < 4.78 is 27.4. The number of rotatable bonds is 8. The molecule has 0 atom stereocenters. The summed E-state index contributed by atoms with van der Waals surface area (Å²) in [6, 6.07) is 13.0. The molecule has 0 aliphatic carbocycles. The Morgan fingerprint density at radius 3 is 2.23 bits per heavy atom. The van der Waals surface area contributed by atoms with Gasteiger partial charge in [0.2, 0.25) is 10.0 Å². The van der Waals surface area contributed by atoms with Crippen LogP contribution in [0.4, 0.5) is 5.69 Å². The van der Waals surface area contributed by atoms with E-state index in [0.29, 0.717) is 11.3 Å². The zero-order chi connectivity index (χ0) is 19.2. The number of amides is 1. The van der Waals surface area contributed by atoms with Gasteiger partial charge in [-0.05, 0) is 42.5 Å². The Labute approximate surface area is 162 Å². The van der Waals surface area contributed by atoms with Gasteiger partial charge in [0.25, 0.3) is 5.91 Å². The quantitative estimate of drug-likeness (QED) is 0.636. The van der Waals surface area contributed by atoms with Crippen molar-refractivity contribution in [3.8, 4) is 0 Å². The van der Waals surface area contributed by atoms with Gasteiger partial charge in [0.05, 0.1) is 4.90 Å². The third-order valence-corrected chi connectivity index (χ3v) is 5.84. The second-order valence-electron chi connectivity index (χ2n) is 5.39. The van der Waals surface area contributed by atoms with Crippen LogP contribution in [0.3, 0.4) is 0 Å². The van der Waals surface area contributed by atoms with Crippen molar-refractivity contribution in [1.82, 2.24) is 4.31 Å². The Bertz CT molecular complexity index is 899. The molecule has 26 heavy (non-hydrogen) atoms. The zero-order valence-corrected chi connectivity index (χ0v) is 16.5. The van der Waals surface area contributed by atoms with Crippen molar-refractivity contribution in [2.45, 2.75) is 4.90 Å². The van der Waals surface area contributed by atoms with E-state index in [0.717, 1.165) is 4.47 Å². The summed E-state index contributed by atoms with van der Waals surface area (Å²) in [4.78, 5) is 12.4. The highest BCUT2D eigenvalue weighted by atomic mass is 79.9. The van der Waals surface area contributed by atoms with E-state index in [1.807, 2.05) is 6.07 Å². The fourth-order valence-electron chi connectivity index (χ4n) is 2.25. The van der Waals surface area contributed by atoms with Gasteiger partial charge in [-0.3, -0.25) is 4.79 Å². The van der Waals surface area contributed by atoms with E-state index in [9.17, 15) is 13.2 Å². The summed E-state index contributed by atoms with van der Waals surface area (Å²) in [5.41, 5.74) is 1.01. The molecule has 0 saturated heterocycles. The second kappa shape index (κ2) is 8.93. The molecule has 0 aliphatic rings. The van der Waals surface area contributed by atoms with Gasteiger partial charge in [-0.2, -0.15) is 4.31 Å². The van der Waals surface area contributed by atoms with E-state index >= 15 is 0 Å². The van der Waals surface area contributed by atoms with E-state index in [1.54, 1.807) is 30.3 Å². The molecule has 2 rings (SSSR count). The molecular weight excluding hydrogens is 416 g/mol. The Balaban J connectivity index is 2.18. The van der Waals surface area contributed by atoms with Gasteiger partial charge < -0.3 is 5.32 Å². The Kier molecular flexibility index (Phi) is 6.90. The molecule has 2 aromatic rings. The van der Waals surface area contributed by atoms with Crippen molar-refractivity contribution >= 4 is 37.5 Å². The third-order valence-electron chi connectivity index (χ3n) is 3.50. The number of carbonyl (C=O) groups excluding carboxylic acids is 1. The summed E-state index contributed by atoms with van der Waals surface area (Å²) in [7, 11) is -3.66. The van der Waals surface area contributed by atoms with Crippen LogP contribution in [0, 0.1) is 0 Å². The number of anilines is 1. The molecule has 5 nitrogen and oxygen atoms in total. The van der Waals surface area contributed by atoms with Crippen molar-refractivity contribution in [1.29, 1.82) is 0 Å². The fourth-order valence-corrected chi connectivity index (χ4v) is 4.03. The molecule has 2 aromatic carbocycles. The molecule has 1 amide bonds. The van der Waals surface area contributed by atoms with Gasteiger partial charge in [-0.15, -0.1) is 13.2 Å². The van der Waals surface area contributed by atoms with E-state index in [-0.39, 0.29) is 23.9 Å². The normalized spacial score (nSPS) is 11.2. The van der Waals surface area contributed by atoms with Crippen molar-refractivity contribution in [3.05, 3.63) is 83.9 Å². The van der Waals surface area contributed by atoms with Crippen molar-refractivity contribution in [2.24, 2.45) is 0 Å². The van der Waals surface area contributed by atoms with Crippen molar-refractivity contribution < 1.29 is 13.2 Å². The lowest BCUT2D eigenvalue weighted by Gasteiger charge is -2.19. The maximum absolute atomic E-state index is 12.6. The van der Waals surface area contributed by atoms with Crippen LogP contribution < -0.4 is 5.32 Å². The van der Waals surface area contributed by atoms with Crippen LogP contribution in [-0.2, 0) is 10.0 Å². The lowest BCUT2D eigenvalue weighted by Crippen LogP contribution is -2.31. The Morgan fingerprint density at radius 2 is 1.69 bits per heavy atom. The van der Waals surface area contributed by atoms with E-state index < -0.39 is 10.0 Å². The van der Waals surface area contributed by atoms with Crippen molar-refractivity contribution in [3.63, 3.8) is 0 Å². The summed E-state index contributed by atoms with van der Waals surface area (Å²) in [5, 5.41) is 2.74. The lowest BCUT2D eigenvalue weighted by molar-refractivity contribution is 0.102. The molecule has 0 aliphatic heterocycles. The SMILES string of the molecule is C=CCN(CC=C)S(=O)(=O)c1ccc(NC(=O)c2cccc(Br)c2)cc1. The first-order chi connectivity index (χ1) is 12.4. The summed E-state index contributed by atoms with van der Waals surface area (Å²) >= 11 is 3.32. The summed E-state index contributed by atoms with van der Waals surface area (Å²) in [6.45, 7) is 7.54. The van der Waals surface area contributed by atoms with E-state index in [1.165, 1.54) is 28.6 Å². The largest absolute Gasteiger partial charge is 0.322 e. The summed E-state index contributed by atoms with van der Waals surface area (Å²) in [5.74, 6) is -0.276. The average Bonchev–Trinajstić information content (AvgIpc) is 2.62.